The first kappa shape index (κ1) is 15.7. The van der Waals surface area contributed by atoms with Gasteiger partial charge in [-0.25, -0.2) is 4.79 Å². The van der Waals surface area contributed by atoms with Gasteiger partial charge in [-0.1, -0.05) is 25.5 Å². The first-order valence-corrected chi connectivity index (χ1v) is 7.42. The van der Waals surface area contributed by atoms with Gasteiger partial charge in [0.15, 0.2) is 11.6 Å². The minimum atomic E-state index is -1.37. The molecule has 0 radical (unpaired) electrons. The number of carboxylic acid groups (broad SMARTS) is 1. The van der Waals surface area contributed by atoms with Gasteiger partial charge in [0.2, 0.25) is 0 Å². The molecule has 0 aliphatic heterocycles. The molecule has 1 aliphatic rings. The number of rotatable bonds is 3. The normalized spacial score (nSPS) is 12.7. The Morgan fingerprint density at radius 1 is 1.00 bits per heavy atom. The van der Waals surface area contributed by atoms with Gasteiger partial charge in [-0.15, -0.1) is 0 Å². The fraction of sp³-hybridized carbons (Fsp3) is 0.167. The quantitative estimate of drug-likeness (QED) is 0.630. The molecule has 3 N–H and O–H groups in total. The Bertz CT molecular complexity index is 910. The van der Waals surface area contributed by atoms with Crippen LogP contribution in [0.4, 0.5) is 0 Å². The molecule has 0 unspecified atom stereocenters. The summed E-state index contributed by atoms with van der Waals surface area (Å²) in [5.41, 5.74) is -0.440. The Morgan fingerprint density at radius 3 is 2.33 bits per heavy atom. The van der Waals surface area contributed by atoms with Gasteiger partial charge in [-0.05, 0) is 24.1 Å². The lowest BCUT2D eigenvalue weighted by atomic mass is 10.8. The third kappa shape index (κ3) is 2.07. The summed E-state index contributed by atoms with van der Waals surface area (Å²) in [7, 11) is 0. The number of hydrogen-bond donors (Lipinski definition) is 3. The average molecular weight is 344 g/mol. The van der Waals surface area contributed by atoms with Crippen molar-refractivity contribution in [3.8, 4) is 11.5 Å². The van der Waals surface area contributed by atoms with Crippen molar-refractivity contribution in [3.05, 3.63) is 57.6 Å². The number of phenols is 2. The number of benzene rings is 2. The Morgan fingerprint density at radius 2 is 1.71 bits per heavy atom. The maximum Gasteiger partial charge on any atom is 0.339 e. The lowest BCUT2D eigenvalue weighted by Gasteiger charge is -2.22. The van der Waals surface area contributed by atoms with Gasteiger partial charge in [0.05, 0.1) is 5.56 Å². The zero-order valence-corrected chi connectivity index (χ0v) is 12.8. The summed E-state index contributed by atoms with van der Waals surface area (Å²) in [5, 5.41) is 29.4. The molecule has 1 aliphatic carbocycles. The number of hydrogen-bond acceptors (Lipinski definition) is 5. The number of carbonyl (C=O) groups excluding carboxylic acids is 2. The summed E-state index contributed by atoms with van der Waals surface area (Å²) >= 11 is 0. The first-order chi connectivity index (χ1) is 11.4. The van der Waals surface area contributed by atoms with Crippen LogP contribution in [-0.2, 0) is 6.42 Å². The van der Waals surface area contributed by atoms with E-state index >= 15 is 0 Å². The molecule has 2 aromatic rings. The minimum absolute atomic E-state index is 0.0379. The van der Waals surface area contributed by atoms with Crippen LogP contribution >= 0.6 is 0 Å². The van der Waals surface area contributed by atoms with Crippen molar-refractivity contribution >= 4 is 17.5 Å². The van der Waals surface area contributed by atoms with Gasteiger partial charge in [0.1, 0.15) is 17.1 Å². The van der Waals surface area contributed by atoms with E-state index in [4.69, 9.17) is 0 Å². The molecule has 2 aromatic carbocycles. The van der Waals surface area contributed by atoms with Crippen molar-refractivity contribution in [3.63, 3.8) is 0 Å². The van der Waals surface area contributed by atoms with E-state index in [0.29, 0.717) is 6.42 Å². The SMILES string of the molecule is [13CH3][13CH2][13CH2][13c]1[13c]([13C](=O)O)[13c](O)[13cH][13c]2[13c]1[13C](=O)[13c]1[13c](O)[13cH][13cH][13cH][13c]1[13C]2=O. The maximum atomic E-state index is 12.9. The number of aromatic hydroxyl groups is 2. The highest BCUT2D eigenvalue weighted by Gasteiger charge is 2.36. The summed E-state index contributed by atoms with van der Waals surface area (Å²) < 4.78 is 0. The van der Waals surface area contributed by atoms with E-state index < -0.39 is 23.3 Å². The second-order valence-electron chi connectivity index (χ2n) is 5.58. The Balaban J connectivity index is 2.41. The van der Waals surface area contributed by atoms with Gasteiger partial charge >= 0.3 is 5.97 Å². The molecule has 24 heavy (non-hydrogen) atoms. The number of ketones is 2. The lowest BCUT2D eigenvalue weighted by Crippen LogP contribution is -2.24. The van der Waals surface area contributed by atoms with E-state index in [1.54, 1.807) is 6.92 Å². The molecule has 0 atom stereocenters. The molecule has 0 saturated heterocycles. The van der Waals surface area contributed by atoms with Crippen molar-refractivity contribution in [1.82, 2.24) is 0 Å². The van der Waals surface area contributed by atoms with Gasteiger partial charge < -0.3 is 15.3 Å². The van der Waals surface area contributed by atoms with Crippen LogP contribution in [-0.4, -0.2) is 32.9 Å². The lowest BCUT2D eigenvalue weighted by molar-refractivity contribution is 0.0692. The Labute approximate surface area is 137 Å². The predicted molar refractivity (Wildman–Crippen MR) is 84.0 cm³/mol. The molecule has 0 saturated carbocycles. The topological polar surface area (TPSA) is 112 Å². The molecule has 0 heterocycles. The van der Waals surface area contributed by atoms with E-state index in [-0.39, 0.29) is 45.6 Å². The molecule has 0 bridgehead atoms. The summed E-state index contributed by atoms with van der Waals surface area (Å²) in [6.45, 7) is 1.79. The molecule has 0 amide bonds. The number of carbonyl (C=O) groups is 3. The van der Waals surface area contributed by atoms with Gasteiger partial charge in [0.25, 0.3) is 0 Å². The van der Waals surface area contributed by atoms with E-state index in [1.165, 1.54) is 18.2 Å². The fourth-order valence-corrected chi connectivity index (χ4v) is 3.14. The molecule has 6 nitrogen and oxygen atoms in total. The third-order valence-electron chi connectivity index (χ3n) is 4.11. The van der Waals surface area contributed by atoms with Gasteiger partial charge in [-0.2, -0.15) is 0 Å². The van der Waals surface area contributed by atoms with E-state index in [9.17, 15) is 29.7 Å². The summed E-state index contributed by atoms with van der Waals surface area (Å²) in [6, 6.07) is 5.18. The zero-order chi connectivity index (χ0) is 17.6. The average Bonchev–Trinajstić information content (AvgIpc) is 2.51. The monoisotopic (exact) mass is 344 g/mol. The van der Waals surface area contributed by atoms with Crippen LogP contribution in [0, 0.1) is 0 Å². The van der Waals surface area contributed by atoms with Crippen molar-refractivity contribution < 1.29 is 29.7 Å². The number of fused-ring (bicyclic) bond motifs is 2. The molecular weight excluding hydrogens is 330 g/mol. The van der Waals surface area contributed by atoms with Crippen LogP contribution < -0.4 is 0 Å². The van der Waals surface area contributed by atoms with E-state index in [2.05, 4.69) is 0 Å². The van der Waals surface area contributed by atoms with E-state index in [0.717, 1.165) is 6.07 Å². The smallest absolute Gasteiger partial charge is 0.339 e. The Kier molecular flexibility index (Phi) is 3.60. The van der Waals surface area contributed by atoms with Crippen molar-refractivity contribution in [1.29, 1.82) is 0 Å². The summed E-state index contributed by atoms with van der Waals surface area (Å²) in [5.74, 6) is -3.39. The standard InChI is InChI=1S/C18H14O6/c1-2-4-8-13-10(7-12(20)15(8)18(23)24)16(21)9-5-3-6-11(19)14(9)17(13)22/h3,5-7,19-20H,2,4H2,1H3,(H,23,24)/i1+1,2+1,3+1,4+1,5+1,6+1,7+1,8+1,9+1,10+1,11+1,12+1,13+1,14+1,15+1,16+1,17+1,18+1. The number of phenolic OH excluding ortho intramolecular Hbond substituents is 1. The summed E-state index contributed by atoms with van der Waals surface area (Å²) in [6.07, 6.45) is 0.728. The Hall–Kier alpha value is -3.15. The predicted octanol–water partition coefficient (Wildman–Crippen LogP) is 2.52. The highest BCUT2D eigenvalue weighted by molar-refractivity contribution is 6.30. The molecule has 122 valence electrons. The molecule has 0 aromatic heterocycles. The molecule has 0 fully saturated rings. The minimum Gasteiger partial charge on any atom is -0.507 e. The summed E-state index contributed by atoms with van der Waals surface area (Å²) in [4.78, 5) is 37.0. The van der Waals surface area contributed by atoms with Gasteiger partial charge in [-0.3, -0.25) is 9.59 Å². The third-order valence-corrected chi connectivity index (χ3v) is 4.11. The highest BCUT2D eigenvalue weighted by atomic mass is 16.5. The van der Waals surface area contributed by atoms with Crippen LogP contribution in [0.2, 0.25) is 0 Å². The van der Waals surface area contributed by atoms with Crippen LogP contribution in [0.5, 0.6) is 11.5 Å². The number of aromatic carboxylic acids is 1. The second kappa shape index (κ2) is 5.49. The second-order valence-corrected chi connectivity index (χ2v) is 5.58. The molecule has 0 spiro atoms. The zero-order valence-electron chi connectivity index (χ0n) is 12.8. The van der Waals surface area contributed by atoms with Gasteiger partial charge in [0, 0.05) is 16.7 Å². The van der Waals surface area contributed by atoms with Crippen LogP contribution in [0.25, 0.3) is 0 Å². The van der Waals surface area contributed by atoms with Crippen molar-refractivity contribution in [2.75, 3.05) is 0 Å². The van der Waals surface area contributed by atoms with Crippen molar-refractivity contribution in [2.45, 2.75) is 19.8 Å². The molecule has 3 rings (SSSR count). The fourth-order valence-electron chi connectivity index (χ4n) is 3.14. The van der Waals surface area contributed by atoms with Crippen LogP contribution in [0.1, 0.15) is 61.1 Å². The maximum absolute atomic E-state index is 12.9. The molecule has 6 heteroatoms. The van der Waals surface area contributed by atoms with Crippen LogP contribution in [0.15, 0.2) is 24.3 Å². The first-order valence-electron chi connectivity index (χ1n) is 7.42. The highest BCUT2D eigenvalue weighted by Crippen LogP contribution is 2.38. The number of carboxylic acids is 1. The van der Waals surface area contributed by atoms with Crippen molar-refractivity contribution in [2.24, 2.45) is 0 Å². The largest absolute Gasteiger partial charge is 0.507 e. The van der Waals surface area contributed by atoms with E-state index in [1.807, 2.05) is 0 Å². The molecular formula is C18H14O6. The van der Waals surface area contributed by atoms with Crippen LogP contribution in [0.3, 0.4) is 0 Å².